The maximum Gasteiger partial charge on any atom is 0.234 e. The Bertz CT molecular complexity index is 826. The Morgan fingerprint density at radius 1 is 1.12 bits per heavy atom. The molecule has 0 radical (unpaired) electrons. The van der Waals surface area contributed by atoms with Gasteiger partial charge in [0.25, 0.3) is 0 Å². The number of aromatic nitrogens is 2. The second-order valence-corrected chi connectivity index (χ2v) is 6.50. The van der Waals surface area contributed by atoms with Gasteiger partial charge in [0, 0.05) is 12.7 Å². The number of aryl methyl sites for hydroxylation is 1. The number of hydrogen-bond donors (Lipinski definition) is 1. The topological polar surface area (TPSA) is 46.9 Å². The Hall–Kier alpha value is -2.53. The van der Waals surface area contributed by atoms with Gasteiger partial charge in [0.1, 0.15) is 0 Å². The molecule has 3 aromatic rings. The van der Waals surface area contributed by atoms with Crippen molar-refractivity contribution in [1.29, 1.82) is 0 Å². The number of hydrogen-bond acceptors (Lipinski definition) is 3. The van der Waals surface area contributed by atoms with Crippen molar-refractivity contribution in [2.75, 3.05) is 11.1 Å². The molecule has 4 nitrogen and oxygen atoms in total. The number of thioether (sulfide) groups is 1. The molecule has 0 aliphatic heterocycles. The summed E-state index contributed by atoms with van der Waals surface area (Å²) in [5.74, 6) is 0.292. The van der Waals surface area contributed by atoms with E-state index in [0.29, 0.717) is 5.75 Å². The monoisotopic (exact) mass is 337 g/mol. The van der Waals surface area contributed by atoms with Gasteiger partial charge in [-0.2, -0.15) is 0 Å². The number of amides is 1. The molecule has 0 fully saturated rings. The predicted molar refractivity (Wildman–Crippen MR) is 99.2 cm³/mol. The lowest BCUT2D eigenvalue weighted by molar-refractivity contribution is -0.113. The molecular formula is C19H19N3OS. The van der Waals surface area contributed by atoms with Crippen LogP contribution in [0.2, 0.25) is 0 Å². The molecule has 0 bridgehead atoms. The Kier molecular flexibility index (Phi) is 5.01. The van der Waals surface area contributed by atoms with Crippen LogP contribution in [-0.4, -0.2) is 21.2 Å². The Labute approximate surface area is 145 Å². The molecule has 5 heteroatoms. The molecule has 0 spiro atoms. The van der Waals surface area contributed by atoms with Crippen molar-refractivity contribution < 1.29 is 4.79 Å². The van der Waals surface area contributed by atoms with Gasteiger partial charge < -0.3 is 9.88 Å². The van der Waals surface area contributed by atoms with Crippen molar-refractivity contribution in [3.63, 3.8) is 0 Å². The highest BCUT2D eigenvalue weighted by Crippen LogP contribution is 2.24. The van der Waals surface area contributed by atoms with Crippen LogP contribution >= 0.6 is 11.8 Å². The summed E-state index contributed by atoms with van der Waals surface area (Å²) in [5.41, 5.74) is 4.14. The third-order valence-electron chi connectivity index (χ3n) is 3.68. The van der Waals surface area contributed by atoms with Crippen LogP contribution in [0.25, 0.3) is 11.3 Å². The molecule has 1 N–H and O–H groups in total. The smallest absolute Gasteiger partial charge is 0.234 e. The standard InChI is InChI=1S/C19H19N3OS/c1-14-8-10-16(11-9-14)21-18(23)13-24-19-20-12-17(22(19)2)15-6-4-3-5-7-15/h3-12H,13H2,1-2H3,(H,21,23). The maximum absolute atomic E-state index is 12.1. The lowest BCUT2D eigenvalue weighted by Crippen LogP contribution is -2.14. The normalized spacial score (nSPS) is 10.6. The first kappa shape index (κ1) is 16.3. The number of carbonyl (C=O) groups excluding carboxylic acids is 1. The van der Waals surface area contributed by atoms with Crippen molar-refractivity contribution in [2.45, 2.75) is 12.1 Å². The lowest BCUT2D eigenvalue weighted by Gasteiger charge is -2.07. The summed E-state index contributed by atoms with van der Waals surface area (Å²) in [6.45, 7) is 2.02. The average molecular weight is 337 g/mol. The number of rotatable bonds is 5. The minimum Gasteiger partial charge on any atom is -0.325 e. The Balaban J connectivity index is 1.62. The summed E-state index contributed by atoms with van der Waals surface area (Å²) >= 11 is 1.43. The predicted octanol–water partition coefficient (Wildman–Crippen LogP) is 4.13. The summed E-state index contributed by atoms with van der Waals surface area (Å²) in [4.78, 5) is 16.5. The van der Waals surface area contributed by atoms with E-state index in [9.17, 15) is 4.79 Å². The van der Waals surface area contributed by atoms with E-state index in [2.05, 4.69) is 22.4 Å². The number of nitrogens with one attached hydrogen (secondary N) is 1. The van der Waals surface area contributed by atoms with E-state index in [-0.39, 0.29) is 5.91 Å². The molecule has 0 saturated carbocycles. The average Bonchev–Trinajstić information content (AvgIpc) is 2.97. The van der Waals surface area contributed by atoms with E-state index < -0.39 is 0 Å². The van der Waals surface area contributed by atoms with Crippen molar-refractivity contribution in [3.8, 4) is 11.3 Å². The number of anilines is 1. The summed E-state index contributed by atoms with van der Waals surface area (Å²) in [5, 5.41) is 3.73. The third kappa shape index (κ3) is 3.86. The molecule has 122 valence electrons. The highest BCUT2D eigenvalue weighted by molar-refractivity contribution is 7.99. The van der Waals surface area contributed by atoms with Crippen LogP contribution < -0.4 is 5.32 Å². The number of benzene rings is 2. The fourth-order valence-electron chi connectivity index (χ4n) is 2.37. The highest BCUT2D eigenvalue weighted by atomic mass is 32.2. The van der Waals surface area contributed by atoms with Crippen LogP contribution in [0.3, 0.4) is 0 Å². The molecule has 0 aliphatic carbocycles. The molecule has 1 heterocycles. The van der Waals surface area contributed by atoms with Crippen molar-refractivity contribution in [3.05, 3.63) is 66.4 Å². The van der Waals surface area contributed by atoms with E-state index in [1.54, 1.807) is 0 Å². The van der Waals surface area contributed by atoms with E-state index in [4.69, 9.17) is 0 Å². The fourth-order valence-corrected chi connectivity index (χ4v) is 3.12. The molecule has 1 aromatic heterocycles. The summed E-state index contributed by atoms with van der Waals surface area (Å²) in [6.07, 6.45) is 1.84. The van der Waals surface area contributed by atoms with Crippen molar-refractivity contribution in [2.24, 2.45) is 7.05 Å². The van der Waals surface area contributed by atoms with Crippen LogP contribution in [0.4, 0.5) is 5.69 Å². The van der Waals surface area contributed by atoms with E-state index in [0.717, 1.165) is 22.1 Å². The molecule has 1 amide bonds. The molecule has 0 saturated heterocycles. The van der Waals surface area contributed by atoms with E-state index >= 15 is 0 Å². The zero-order valence-electron chi connectivity index (χ0n) is 13.7. The van der Waals surface area contributed by atoms with E-state index in [1.165, 1.54) is 17.3 Å². The van der Waals surface area contributed by atoms with E-state index in [1.807, 2.05) is 67.2 Å². The first-order valence-corrected chi connectivity index (χ1v) is 8.68. The Morgan fingerprint density at radius 3 is 2.54 bits per heavy atom. The molecule has 24 heavy (non-hydrogen) atoms. The van der Waals surface area contributed by atoms with Crippen LogP contribution in [0.1, 0.15) is 5.56 Å². The van der Waals surface area contributed by atoms with Gasteiger partial charge in [-0.25, -0.2) is 4.98 Å². The lowest BCUT2D eigenvalue weighted by atomic mass is 10.2. The second-order valence-electron chi connectivity index (χ2n) is 5.55. The van der Waals surface area contributed by atoms with Crippen LogP contribution in [-0.2, 0) is 11.8 Å². The molecule has 3 rings (SSSR count). The second kappa shape index (κ2) is 7.36. The molecule has 2 aromatic carbocycles. The van der Waals surface area contributed by atoms with Crippen LogP contribution in [0, 0.1) is 6.92 Å². The minimum atomic E-state index is -0.0342. The molecule has 0 atom stereocenters. The number of imidazole rings is 1. The van der Waals surface area contributed by atoms with Gasteiger partial charge in [-0.05, 0) is 24.6 Å². The van der Waals surface area contributed by atoms with Gasteiger partial charge in [-0.1, -0.05) is 59.8 Å². The van der Waals surface area contributed by atoms with Gasteiger partial charge in [-0.15, -0.1) is 0 Å². The zero-order chi connectivity index (χ0) is 16.9. The van der Waals surface area contributed by atoms with Gasteiger partial charge in [0.15, 0.2) is 5.16 Å². The third-order valence-corrected chi connectivity index (χ3v) is 4.73. The van der Waals surface area contributed by atoms with Gasteiger partial charge in [-0.3, -0.25) is 4.79 Å². The molecule has 0 unspecified atom stereocenters. The highest BCUT2D eigenvalue weighted by Gasteiger charge is 2.11. The summed E-state index contributed by atoms with van der Waals surface area (Å²) in [7, 11) is 1.97. The van der Waals surface area contributed by atoms with Crippen LogP contribution in [0.15, 0.2) is 66.0 Å². The summed E-state index contributed by atoms with van der Waals surface area (Å²) < 4.78 is 2.01. The quantitative estimate of drug-likeness (QED) is 0.712. The minimum absolute atomic E-state index is 0.0342. The number of nitrogens with zero attached hydrogens (tertiary/aromatic N) is 2. The first-order chi connectivity index (χ1) is 11.6. The maximum atomic E-state index is 12.1. The summed E-state index contributed by atoms with van der Waals surface area (Å²) in [6, 6.07) is 17.9. The van der Waals surface area contributed by atoms with Gasteiger partial charge in [0.2, 0.25) is 5.91 Å². The van der Waals surface area contributed by atoms with Crippen molar-refractivity contribution in [1.82, 2.24) is 9.55 Å². The SMILES string of the molecule is Cc1ccc(NC(=O)CSc2ncc(-c3ccccc3)n2C)cc1. The van der Waals surface area contributed by atoms with Gasteiger partial charge in [0.05, 0.1) is 17.6 Å². The van der Waals surface area contributed by atoms with Crippen LogP contribution in [0.5, 0.6) is 0 Å². The van der Waals surface area contributed by atoms with Crippen molar-refractivity contribution >= 4 is 23.4 Å². The fraction of sp³-hybridized carbons (Fsp3) is 0.158. The zero-order valence-corrected chi connectivity index (χ0v) is 14.5. The largest absolute Gasteiger partial charge is 0.325 e. The Morgan fingerprint density at radius 2 is 1.83 bits per heavy atom. The first-order valence-electron chi connectivity index (χ1n) is 7.70. The number of carbonyl (C=O) groups is 1. The molecule has 0 aliphatic rings. The molecular weight excluding hydrogens is 318 g/mol. The van der Waals surface area contributed by atoms with Gasteiger partial charge >= 0.3 is 0 Å².